The van der Waals surface area contributed by atoms with Gasteiger partial charge in [0.25, 0.3) is 5.56 Å². The monoisotopic (exact) mass is 406 g/mol. The van der Waals surface area contributed by atoms with Crippen LogP contribution in [-0.2, 0) is 6.54 Å². The molecule has 4 aromatic rings. The van der Waals surface area contributed by atoms with Crippen LogP contribution in [0.1, 0.15) is 5.82 Å². The molecule has 0 aliphatic carbocycles. The summed E-state index contributed by atoms with van der Waals surface area (Å²) in [5, 5.41) is 2.30. The lowest BCUT2D eigenvalue weighted by Gasteiger charge is -2.35. The summed E-state index contributed by atoms with van der Waals surface area (Å²) in [4.78, 5) is 33.2. The standard InChI is InChI=1S/C21H19ClN6O/c22-14-5-6-15-18(11-14)23-13-24-20(15)28-9-7-27(8-10-28)12-19-25-17-4-2-1-3-16(17)21(29)26-19/h1-6,11,13H,7-10,12H2,(H,25,26,29). The highest BCUT2D eigenvalue weighted by atomic mass is 35.5. The van der Waals surface area contributed by atoms with Crippen LogP contribution in [0.3, 0.4) is 0 Å². The molecule has 8 heteroatoms. The summed E-state index contributed by atoms with van der Waals surface area (Å²) < 4.78 is 0. The van der Waals surface area contributed by atoms with Crippen LogP contribution in [0.4, 0.5) is 5.82 Å². The number of piperazine rings is 1. The molecule has 3 heterocycles. The average molecular weight is 407 g/mol. The number of anilines is 1. The lowest BCUT2D eigenvalue weighted by molar-refractivity contribution is 0.244. The molecule has 0 unspecified atom stereocenters. The molecule has 1 fully saturated rings. The van der Waals surface area contributed by atoms with Gasteiger partial charge in [0, 0.05) is 36.6 Å². The lowest BCUT2D eigenvalue weighted by Crippen LogP contribution is -2.46. The number of nitrogens with zero attached hydrogens (tertiary/aromatic N) is 5. The zero-order chi connectivity index (χ0) is 19.8. The minimum atomic E-state index is -0.0876. The van der Waals surface area contributed by atoms with E-state index < -0.39 is 0 Å². The van der Waals surface area contributed by atoms with Crippen LogP contribution < -0.4 is 10.5 Å². The number of hydrogen-bond acceptors (Lipinski definition) is 6. The van der Waals surface area contributed by atoms with Crippen molar-refractivity contribution in [2.75, 3.05) is 31.1 Å². The summed E-state index contributed by atoms with van der Waals surface area (Å²) in [6.07, 6.45) is 1.59. The highest BCUT2D eigenvalue weighted by molar-refractivity contribution is 6.31. The second kappa shape index (κ2) is 7.42. The van der Waals surface area contributed by atoms with E-state index in [2.05, 4.69) is 29.7 Å². The van der Waals surface area contributed by atoms with Gasteiger partial charge in [0.2, 0.25) is 0 Å². The Labute approximate surface area is 172 Å². The third kappa shape index (κ3) is 3.54. The first kappa shape index (κ1) is 18.0. The molecule has 7 nitrogen and oxygen atoms in total. The molecule has 5 rings (SSSR count). The maximum absolute atomic E-state index is 12.3. The van der Waals surface area contributed by atoms with E-state index in [0.29, 0.717) is 22.8 Å². The van der Waals surface area contributed by atoms with Crippen molar-refractivity contribution in [2.45, 2.75) is 6.54 Å². The van der Waals surface area contributed by atoms with Crippen LogP contribution in [0.5, 0.6) is 0 Å². The Bertz CT molecular complexity index is 1250. The molecule has 0 bridgehead atoms. The van der Waals surface area contributed by atoms with Crippen LogP contribution in [0.2, 0.25) is 5.02 Å². The molecule has 0 atom stereocenters. The fourth-order valence-electron chi connectivity index (χ4n) is 3.81. The van der Waals surface area contributed by atoms with E-state index in [9.17, 15) is 4.79 Å². The zero-order valence-electron chi connectivity index (χ0n) is 15.7. The molecule has 0 radical (unpaired) electrons. The maximum atomic E-state index is 12.3. The molecule has 0 amide bonds. The van der Waals surface area contributed by atoms with Crippen molar-refractivity contribution in [3.8, 4) is 0 Å². The maximum Gasteiger partial charge on any atom is 0.258 e. The predicted molar refractivity (Wildman–Crippen MR) is 114 cm³/mol. The Morgan fingerprint density at radius 1 is 0.966 bits per heavy atom. The number of nitrogens with one attached hydrogen (secondary N) is 1. The first-order valence-electron chi connectivity index (χ1n) is 9.53. The minimum Gasteiger partial charge on any atom is -0.353 e. The molecule has 0 saturated carbocycles. The average Bonchev–Trinajstić information content (AvgIpc) is 2.74. The molecule has 2 aromatic carbocycles. The van der Waals surface area contributed by atoms with Gasteiger partial charge in [-0.1, -0.05) is 23.7 Å². The van der Waals surface area contributed by atoms with Gasteiger partial charge in [-0.05, 0) is 30.3 Å². The van der Waals surface area contributed by atoms with Crippen LogP contribution in [0.25, 0.3) is 21.8 Å². The van der Waals surface area contributed by atoms with Gasteiger partial charge >= 0.3 is 0 Å². The van der Waals surface area contributed by atoms with Gasteiger partial charge in [-0.25, -0.2) is 15.0 Å². The number of para-hydroxylation sites is 1. The first-order valence-corrected chi connectivity index (χ1v) is 9.91. The molecular weight excluding hydrogens is 388 g/mol. The van der Waals surface area contributed by atoms with Crippen molar-refractivity contribution in [1.82, 2.24) is 24.8 Å². The molecule has 1 N–H and O–H groups in total. The van der Waals surface area contributed by atoms with E-state index >= 15 is 0 Å². The fourth-order valence-corrected chi connectivity index (χ4v) is 3.97. The first-order chi connectivity index (χ1) is 14.2. The second-order valence-electron chi connectivity index (χ2n) is 7.15. The Kier molecular flexibility index (Phi) is 4.61. The summed E-state index contributed by atoms with van der Waals surface area (Å²) in [6.45, 7) is 4.01. The van der Waals surface area contributed by atoms with E-state index in [1.807, 2.05) is 36.4 Å². The molecule has 1 saturated heterocycles. The normalized spacial score (nSPS) is 15.3. The van der Waals surface area contributed by atoms with Gasteiger partial charge in [0.1, 0.15) is 18.0 Å². The minimum absolute atomic E-state index is 0.0876. The molecule has 1 aliphatic heterocycles. The molecule has 2 aromatic heterocycles. The third-order valence-electron chi connectivity index (χ3n) is 5.28. The van der Waals surface area contributed by atoms with E-state index in [4.69, 9.17) is 11.6 Å². The number of rotatable bonds is 3. The Hall–Kier alpha value is -3.03. The van der Waals surface area contributed by atoms with Gasteiger partial charge < -0.3 is 9.88 Å². The Morgan fingerprint density at radius 2 is 1.79 bits per heavy atom. The van der Waals surface area contributed by atoms with Crippen LogP contribution in [0.15, 0.2) is 53.6 Å². The van der Waals surface area contributed by atoms with Crippen LogP contribution >= 0.6 is 11.6 Å². The van der Waals surface area contributed by atoms with Gasteiger partial charge in [0.05, 0.1) is 23.0 Å². The zero-order valence-corrected chi connectivity index (χ0v) is 16.4. The van der Waals surface area contributed by atoms with Gasteiger partial charge in [0.15, 0.2) is 0 Å². The molecule has 29 heavy (non-hydrogen) atoms. The summed E-state index contributed by atoms with van der Waals surface area (Å²) in [5.41, 5.74) is 1.49. The van der Waals surface area contributed by atoms with Crippen molar-refractivity contribution < 1.29 is 0 Å². The van der Waals surface area contributed by atoms with E-state index in [1.165, 1.54) is 0 Å². The molecule has 0 spiro atoms. The van der Waals surface area contributed by atoms with E-state index in [-0.39, 0.29) is 5.56 Å². The van der Waals surface area contributed by atoms with Crippen molar-refractivity contribution >= 4 is 39.2 Å². The number of benzene rings is 2. The summed E-state index contributed by atoms with van der Waals surface area (Å²) in [6, 6.07) is 13.1. The Morgan fingerprint density at radius 3 is 2.66 bits per heavy atom. The van der Waals surface area contributed by atoms with E-state index in [1.54, 1.807) is 12.4 Å². The van der Waals surface area contributed by atoms with E-state index in [0.717, 1.165) is 48.4 Å². The van der Waals surface area contributed by atoms with Gasteiger partial charge in [-0.15, -0.1) is 0 Å². The highest BCUT2D eigenvalue weighted by Crippen LogP contribution is 2.26. The molecular formula is C21H19ClN6O. The molecule has 1 aliphatic rings. The largest absolute Gasteiger partial charge is 0.353 e. The topological polar surface area (TPSA) is 78.0 Å². The summed E-state index contributed by atoms with van der Waals surface area (Å²) in [7, 11) is 0. The quantitative estimate of drug-likeness (QED) is 0.563. The third-order valence-corrected chi connectivity index (χ3v) is 5.52. The van der Waals surface area contributed by atoms with Crippen molar-refractivity contribution in [3.05, 3.63) is 70.0 Å². The van der Waals surface area contributed by atoms with Crippen LogP contribution in [0, 0.1) is 0 Å². The second-order valence-corrected chi connectivity index (χ2v) is 7.59. The number of aromatic nitrogens is 4. The van der Waals surface area contributed by atoms with Crippen molar-refractivity contribution in [2.24, 2.45) is 0 Å². The van der Waals surface area contributed by atoms with Gasteiger partial charge in [-0.3, -0.25) is 9.69 Å². The predicted octanol–water partition coefficient (Wildman–Crippen LogP) is 2.84. The number of H-pyrrole nitrogens is 1. The SMILES string of the molecule is O=c1[nH]c(CN2CCN(c3ncnc4cc(Cl)ccc34)CC2)nc2ccccc12. The van der Waals surface area contributed by atoms with Gasteiger partial charge in [-0.2, -0.15) is 0 Å². The summed E-state index contributed by atoms with van der Waals surface area (Å²) >= 11 is 6.09. The number of halogens is 1. The summed E-state index contributed by atoms with van der Waals surface area (Å²) in [5.74, 6) is 1.63. The fraction of sp³-hybridized carbons (Fsp3) is 0.238. The lowest BCUT2D eigenvalue weighted by atomic mass is 10.2. The number of fused-ring (bicyclic) bond motifs is 2. The number of hydrogen-bond donors (Lipinski definition) is 1. The highest BCUT2D eigenvalue weighted by Gasteiger charge is 2.21. The smallest absolute Gasteiger partial charge is 0.258 e. The van der Waals surface area contributed by atoms with Crippen molar-refractivity contribution in [1.29, 1.82) is 0 Å². The Balaban J connectivity index is 1.32. The van der Waals surface area contributed by atoms with Crippen LogP contribution in [-0.4, -0.2) is 51.0 Å². The molecule has 146 valence electrons. The van der Waals surface area contributed by atoms with Crippen molar-refractivity contribution in [3.63, 3.8) is 0 Å². The number of aromatic amines is 1.